The normalized spacial score (nSPS) is 37.7. The number of benzene rings is 1. The molecule has 0 saturated carbocycles. The van der Waals surface area contributed by atoms with Crippen LogP contribution in [0.1, 0.15) is 23.6 Å². The molecule has 2 bridgehead atoms. The Morgan fingerprint density at radius 1 is 0.822 bits per heavy atom. The molecule has 0 spiro atoms. The van der Waals surface area contributed by atoms with E-state index in [1.807, 2.05) is 26.0 Å². The van der Waals surface area contributed by atoms with E-state index in [0.29, 0.717) is 11.0 Å². The Morgan fingerprint density at radius 2 is 1.47 bits per heavy atom. The molecule has 3 aliphatic rings. The lowest BCUT2D eigenvalue weighted by Crippen LogP contribution is -2.36. The first kappa shape index (κ1) is 30.7. The summed E-state index contributed by atoms with van der Waals surface area (Å²) < 4.78 is 62.2. The number of fused-ring (bicyclic) bond motifs is 5. The molecule has 10 atom stereocenters. The van der Waals surface area contributed by atoms with Crippen LogP contribution in [0.25, 0.3) is 22.2 Å². The van der Waals surface area contributed by atoms with Crippen molar-refractivity contribution in [3.05, 3.63) is 42.2 Å². The van der Waals surface area contributed by atoms with Crippen molar-refractivity contribution in [2.24, 2.45) is 0 Å². The number of aryl methyl sites for hydroxylation is 2. The molecule has 6 heterocycles. The summed E-state index contributed by atoms with van der Waals surface area (Å²) in [6.07, 6.45) is -7.86. The molecule has 3 aliphatic heterocycles. The summed E-state index contributed by atoms with van der Waals surface area (Å²) in [7, 11) is -9.99. The van der Waals surface area contributed by atoms with Crippen molar-refractivity contribution in [3.8, 4) is 0 Å². The second kappa shape index (κ2) is 11.1. The molecule has 3 aromatic heterocycles. The van der Waals surface area contributed by atoms with Crippen LogP contribution in [0.4, 0.5) is 5.82 Å². The van der Waals surface area contributed by atoms with Crippen molar-refractivity contribution in [2.75, 3.05) is 18.9 Å². The number of phosphoric acid groups is 2. The topological polar surface area (TPSA) is 258 Å². The molecule has 45 heavy (non-hydrogen) atoms. The average molecular weight is 669 g/mol. The van der Waals surface area contributed by atoms with E-state index in [0.717, 1.165) is 11.1 Å². The lowest BCUT2D eigenvalue weighted by atomic mass is 10.1. The van der Waals surface area contributed by atoms with Crippen LogP contribution in [0, 0.1) is 13.8 Å². The number of rotatable bonds is 2. The standard InChI is InChI=1S/C24H29N7O12P2/c1-10-3-12-13(4-11(10)2)30(8-28-12)24-20-17(32)14(40-24)5-38-44(34,35)42-19-15(6-39-45(36,37)43-20)41-23(18(19)33)31-9-29-16-21(25)26-7-27-22(16)31/h3-4,7-9,14-15,17-20,23-24,32-33H,5-6H2,1-2H3,(H,34,35)(H,36,37)(H2,25,26,27)/t14-,15-,17+,18+,19?,20?,23-,24-/m1/s1. The molecule has 6 N–H and O–H groups in total. The highest BCUT2D eigenvalue weighted by Crippen LogP contribution is 2.53. The van der Waals surface area contributed by atoms with Gasteiger partial charge in [-0.05, 0) is 37.1 Å². The smallest absolute Gasteiger partial charge is 0.387 e. The lowest BCUT2D eigenvalue weighted by molar-refractivity contribution is -0.0671. The van der Waals surface area contributed by atoms with Crippen LogP contribution < -0.4 is 5.73 Å². The van der Waals surface area contributed by atoms with Gasteiger partial charge in [-0.3, -0.25) is 22.7 Å². The molecule has 0 amide bonds. The first-order valence-electron chi connectivity index (χ1n) is 13.7. The van der Waals surface area contributed by atoms with Crippen LogP contribution in [0.5, 0.6) is 0 Å². The molecule has 4 aromatic rings. The number of imidazole rings is 2. The van der Waals surface area contributed by atoms with Crippen LogP contribution in [0.2, 0.25) is 0 Å². The molecule has 0 aliphatic carbocycles. The van der Waals surface area contributed by atoms with Gasteiger partial charge in [0.2, 0.25) is 0 Å². The largest absolute Gasteiger partial charge is 0.472 e. The summed E-state index contributed by atoms with van der Waals surface area (Å²) >= 11 is 0. The summed E-state index contributed by atoms with van der Waals surface area (Å²) in [6, 6.07) is 3.68. The summed E-state index contributed by atoms with van der Waals surface area (Å²) in [5.74, 6) is 0.0614. The highest BCUT2D eigenvalue weighted by molar-refractivity contribution is 7.47. The third-order valence-electron chi connectivity index (χ3n) is 8.06. The predicted molar refractivity (Wildman–Crippen MR) is 150 cm³/mol. The summed E-state index contributed by atoms with van der Waals surface area (Å²) in [5, 5.41) is 22.3. The third-order valence-corrected chi connectivity index (χ3v) is 10.0. The fourth-order valence-corrected chi connectivity index (χ4v) is 7.55. The zero-order valence-corrected chi connectivity index (χ0v) is 25.4. The minimum absolute atomic E-state index is 0.0614. The Morgan fingerprint density at radius 3 is 2.22 bits per heavy atom. The van der Waals surface area contributed by atoms with E-state index in [-0.39, 0.29) is 17.0 Å². The Bertz CT molecular complexity index is 1870. The van der Waals surface area contributed by atoms with Gasteiger partial charge in [-0.1, -0.05) is 0 Å². The van der Waals surface area contributed by atoms with E-state index in [9.17, 15) is 29.1 Å². The van der Waals surface area contributed by atoms with E-state index in [1.54, 1.807) is 0 Å². The van der Waals surface area contributed by atoms with E-state index < -0.39 is 77.9 Å². The SMILES string of the molecule is Cc1cc2ncn([C@@H]3O[C@@H]4COP(=O)(O)OC5[C@@H](COP(=O)(O)OC3[C@H]4O)O[C@@H](n3cnc4c(N)ncnc43)[C@H]5O)c2cc1C. The zero-order chi connectivity index (χ0) is 31.8. The molecule has 21 heteroatoms. The minimum atomic E-state index is -5.00. The molecule has 19 nitrogen and oxygen atoms in total. The maximum absolute atomic E-state index is 13.3. The number of hydrogen-bond acceptors (Lipinski definition) is 15. The van der Waals surface area contributed by atoms with E-state index in [1.165, 1.54) is 28.1 Å². The molecule has 0 radical (unpaired) electrons. The van der Waals surface area contributed by atoms with E-state index in [2.05, 4.69) is 19.9 Å². The number of hydrogen-bond donors (Lipinski definition) is 5. The Balaban J connectivity index is 1.20. The molecule has 3 fully saturated rings. The Hall–Kier alpha value is -2.90. The van der Waals surface area contributed by atoms with Gasteiger partial charge in [-0.15, -0.1) is 0 Å². The van der Waals surface area contributed by atoms with Gasteiger partial charge in [-0.25, -0.2) is 29.1 Å². The number of ether oxygens (including phenoxy) is 2. The highest BCUT2D eigenvalue weighted by Gasteiger charge is 2.53. The second-order valence-corrected chi connectivity index (χ2v) is 13.8. The molecular formula is C24H29N7O12P2. The fraction of sp³-hybridized carbons (Fsp3) is 0.500. The van der Waals surface area contributed by atoms with Crippen molar-refractivity contribution in [2.45, 2.75) is 62.9 Å². The molecule has 242 valence electrons. The van der Waals surface area contributed by atoms with Gasteiger partial charge >= 0.3 is 15.6 Å². The maximum atomic E-state index is 13.3. The fourth-order valence-electron chi connectivity index (χ4n) is 5.65. The van der Waals surface area contributed by atoms with Crippen molar-refractivity contribution < 1.29 is 56.7 Å². The number of aromatic nitrogens is 6. The van der Waals surface area contributed by atoms with Crippen molar-refractivity contribution in [1.82, 2.24) is 29.1 Å². The second-order valence-electron chi connectivity index (χ2n) is 10.9. The molecule has 7 rings (SSSR count). The van der Waals surface area contributed by atoms with Gasteiger partial charge in [0.25, 0.3) is 0 Å². The van der Waals surface area contributed by atoms with E-state index >= 15 is 0 Å². The van der Waals surface area contributed by atoms with Crippen molar-refractivity contribution >= 4 is 43.7 Å². The number of nitrogen functional groups attached to an aromatic ring is 1. The number of nitrogens with zero attached hydrogens (tertiary/aromatic N) is 6. The van der Waals surface area contributed by atoms with Crippen molar-refractivity contribution in [1.29, 1.82) is 0 Å². The van der Waals surface area contributed by atoms with Crippen LogP contribution in [-0.2, 0) is 36.7 Å². The van der Waals surface area contributed by atoms with Gasteiger partial charge < -0.3 is 39.8 Å². The van der Waals surface area contributed by atoms with Crippen LogP contribution in [-0.4, -0.2) is 98.9 Å². The molecule has 3 saturated heterocycles. The highest BCUT2D eigenvalue weighted by atomic mass is 31.2. The summed E-state index contributed by atoms with van der Waals surface area (Å²) in [4.78, 5) is 37.9. The van der Waals surface area contributed by atoms with Gasteiger partial charge in [0.05, 0.1) is 36.9 Å². The minimum Gasteiger partial charge on any atom is -0.387 e. The summed E-state index contributed by atoms with van der Waals surface area (Å²) in [5.41, 5.74) is 9.33. The number of aliphatic hydroxyl groups is 2. The average Bonchev–Trinajstić information content (AvgIpc) is 3.73. The first-order chi connectivity index (χ1) is 21.3. The lowest BCUT2D eigenvalue weighted by Gasteiger charge is -2.26. The number of nitrogens with two attached hydrogens (primary N) is 1. The van der Waals surface area contributed by atoms with Crippen molar-refractivity contribution in [3.63, 3.8) is 0 Å². The van der Waals surface area contributed by atoms with Gasteiger partial charge in [0.1, 0.15) is 48.5 Å². The Kier molecular flexibility index (Phi) is 7.59. The first-order valence-corrected chi connectivity index (χ1v) is 16.7. The predicted octanol–water partition coefficient (Wildman–Crippen LogP) is 0.610. The Labute approximate surface area is 253 Å². The number of aliphatic hydroxyl groups excluding tert-OH is 2. The number of anilines is 1. The molecule has 4 unspecified atom stereocenters. The zero-order valence-electron chi connectivity index (χ0n) is 23.6. The van der Waals surface area contributed by atoms with Crippen LogP contribution in [0.3, 0.4) is 0 Å². The van der Waals surface area contributed by atoms with Gasteiger partial charge in [-0.2, -0.15) is 0 Å². The number of phosphoric ester groups is 2. The van der Waals surface area contributed by atoms with Crippen LogP contribution >= 0.6 is 15.6 Å². The quantitative estimate of drug-likeness (QED) is 0.183. The van der Waals surface area contributed by atoms with Crippen LogP contribution in [0.15, 0.2) is 31.1 Å². The maximum Gasteiger partial charge on any atom is 0.472 e. The third kappa shape index (κ3) is 5.48. The molecule has 1 aromatic carbocycles. The summed E-state index contributed by atoms with van der Waals surface area (Å²) in [6.45, 7) is 2.35. The molecular weight excluding hydrogens is 640 g/mol. The van der Waals surface area contributed by atoms with Gasteiger partial charge in [0.15, 0.2) is 23.9 Å². The van der Waals surface area contributed by atoms with E-state index in [4.69, 9.17) is 33.3 Å². The monoisotopic (exact) mass is 669 g/mol. The van der Waals surface area contributed by atoms with Gasteiger partial charge in [0, 0.05) is 0 Å².